The van der Waals surface area contributed by atoms with Gasteiger partial charge in [-0.25, -0.2) is 0 Å². The van der Waals surface area contributed by atoms with Crippen LogP contribution in [0.25, 0.3) is 6.08 Å². The lowest BCUT2D eigenvalue weighted by Crippen LogP contribution is -2.35. The molecule has 3 aliphatic rings. The van der Waals surface area contributed by atoms with Crippen molar-refractivity contribution in [2.24, 2.45) is 17.8 Å². The monoisotopic (exact) mass is 628 g/mol. The zero-order valence-corrected chi connectivity index (χ0v) is 24.9. The molecule has 1 aliphatic carbocycles. The van der Waals surface area contributed by atoms with Crippen LogP contribution in [-0.2, 0) is 14.3 Å². The number of benzene rings is 3. The van der Waals surface area contributed by atoms with E-state index in [2.05, 4.69) is 21.2 Å². The second-order valence-electron chi connectivity index (χ2n) is 11.3. The molecule has 2 saturated heterocycles. The van der Waals surface area contributed by atoms with E-state index in [-0.39, 0.29) is 36.2 Å². The Labute approximate surface area is 253 Å². The second kappa shape index (κ2) is 11.9. The van der Waals surface area contributed by atoms with Crippen molar-refractivity contribution in [1.82, 2.24) is 0 Å². The SMILES string of the molecule is C/C(=C\c1cc(Br)ccc1O)CC[C@H]1OC[C@H]2C1=C(CO)C[C@H]1C(=O)N(c3ccc(Nc4ccccc4)cc3)C(=O)[C@H]12. The maximum atomic E-state index is 13.8. The number of aliphatic hydroxyl groups is 1. The topological polar surface area (TPSA) is 99.1 Å². The summed E-state index contributed by atoms with van der Waals surface area (Å²) in [7, 11) is 0. The molecule has 3 N–H and O–H groups in total. The third-order valence-corrected chi connectivity index (χ3v) is 9.07. The van der Waals surface area contributed by atoms with Crippen molar-refractivity contribution in [3.05, 3.63) is 99.6 Å². The van der Waals surface area contributed by atoms with Crippen LogP contribution >= 0.6 is 15.9 Å². The Balaban J connectivity index is 1.18. The van der Waals surface area contributed by atoms with E-state index in [1.807, 2.05) is 61.5 Å². The van der Waals surface area contributed by atoms with Crippen LogP contribution in [0.1, 0.15) is 31.7 Å². The summed E-state index contributed by atoms with van der Waals surface area (Å²) in [6.07, 6.45) is 3.51. The number of nitrogens with one attached hydrogen (secondary N) is 1. The van der Waals surface area contributed by atoms with Crippen LogP contribution in [0.4, 0.5) is 17.1 Å². The molecule has 4 atom stereocenters. The molecule has 3 aromatic carbocycles. The van der Waals surface area contributed by atoms with Crippen molar-refractivity contribution in [2.45, 2.75) is 32.3 Å². The molecule has 42 heavy (non-hydrogen) atoms. The van der Waals surface area contributed by atoms with Crippen LogP contribution in [0.15, 0.2) is 94.0 Å². The number of aliphatic hydroxyl groups excluding tert-OH is 1. The van der Waals surface area contributed by atoms with E-state index in [4.69, 9.17) is 4.74 Å². The normalized spacial score (nSPS) is 23.8. The van der Waals surface area contributed by atoms with Crippen molar-refractivity contribution in [2.75, 3.05) is 23.4 Å². The number of aromatic hydroxyl groups is 1. The Hall–Kier alpha value is -3.72. The number of amides is 2. The van der Waals surface area contributed by atoms with Crippen LogP contribution in [0.5, 0.6) is 5.75 Å². The van der Waals surface area contributed by atoms with Gasteiger partial charge in [-0.1, -0.05) is 45.8 Å². The number of allylic oxidation sites excluding steroid dienone is 1. The molecule has 0 bridgehead atoms. The first kappa shape index (κ1) is 28.4. The smallest absolute Gasteiger partial charge is 0.238 e. The lowest BCUT2D eigenvalue weighted by atomic mass is 9.69. The molecule has 0 unspecified atom stereocenters. The van der Waals surface area contributed by atoms with Crippen molar-refractivity contribution in [1.29, 1.82) is 0 Å². The van der Waals surface area contributed by atoms with Crippen molar-refractivity contribution in [3.8, 4) is 5.75 Å². The quantitative estimate of drug-likeness (QED) is 0.192. The minimum Gasteiger partial charge on any atom is -0.507 e. The minimum atomic E-state index is -0.501. The van der Waals surface area contributed by atoms with Gasteiger partial charge in [0.2, 0.25) is 11.8 Å². The van der Waals surface area contributed by atoms with Gasteiger partial charge in [-0.05, 0) is 91.9 Å². The largest absolute Gasteiger partial charge is 0.507 e. The van der Waals surface area contributed by atoms with E-state index < -0.39 is 11.8 Å². The fraction of sp³-hybridized carbons (Fsp3) is 0.294. The molecule has 2 aliphatic heterocycles. The first-order valence-corrected chi connectivity index (χ1v) is 15.0. The van der Waals surface area contributed by atoms with Crippen molar-refractivity contribution >= 4 is 50.9 Å². The summed E-state index contributed by atoms with van der Waals surface area (Å²) in [4.78, 5) is 28.7. The van der Waals surface area contributed by atoms with Gasteiger partial charge in [-0.3, -0.25) is 14.5 Å². The van der Waals surface area contributed by atoms with Gasteiger partial charge in [0.1, 0.15) is 5.75 Å². The molecule has 3 aromatic rings. The molecule has 2 amide bonds. The molecule has 0 aromatic heterocycles. The lowest BCUT2D eigenvalue weighted by molar-refractivity contribution is -0.122. The van der Waals surface area contributed by atoms with Gasteiger partial charge >= 0.3 is 0 Å². The summed E-state index contributed by atoms with van der Waals surface area (Å²) in [6, 6.07) is 22.4. The van der Waals surface area contributed by atoms with E-state index in [0.29, 0.717) is 25.1 Å². The molecule has 216 valence electrons. The number of nitrogens with zero attached hydrogens (tertiary/aromatic N) is 1. The highest BCUT2D eigenvalue weighted by molar-refractivity contribution is 9.10. The number of halogens is 1. The number of carbonyl (C=O) groups excluding carboxylic acids is 2. The lowest BCUT2D eigenvalue weighted by Gasteiger charge is -2.31. The molecule has 0 saturated carbocycles. The number of fused-ring (bicyclic) bond motifs is 3. The molecule has 8 heteroatoms. The van der Waals surface area contributed by atoms with Gasteiger partial charge in [0.15, 0.2) is 0 Å². The van der Waals surface area contributed by atoms with Gasteiger partial charge in [0.05, 0.1) is 36.8 Å². The predicted octanol–water partition coefficient (Wildman–Crippen LogP) is 6.60. The van der Waals surface area contributed by atoms with Crippen molar-refractivity contribution < 1.29 is 24.5 Å². The van der Waals surface area contributed by atoms with E-state index in [1.165, 1.54) is 4.90 Å². The molecule has 2 fully saturated rings. The number of rotatable bonds is 8. The summed E-state index contributed by atoms with van der Waals surface area (Å²) >= 11 is 3.45. The fourth-order valence-electron chi connectivity index (χ4n) is 6.59. The van der Waals surface area contributed by atoms with E-state index in [1.54, 1.807) is 24.3 Å². The summed E-state index contributed by atoms with van der Waals surface area (Å²) in [5.74, 6) is -1.41. The molecule has 7 nitrogen and oxygen atoms in total. The second-order valence-corrected chi connectivity index (χ2v) is 12.2. The number of para-hydroxylation sites is 1. The Morgan fingerprint density at radius 2 is 1.76 bits per heavy atom. The van der Waals surface area contributed by atoms with Gasteiger partial charge < -0.3 is 20.3 Å². The predicted molar refractivity (Wildman–Crippen MR) is 166 cm³/mol. The maximum absolute atomic E-state index is 13.8. The van der Waals surface area contributed by atoms with Crippen LogP contribution in [0.2, 0.25) is 0 Å². The van der Waals surface area contributed by atoms with Crippen molar-refractivity contribution in [3.63, 3.8) is 0 Å². The fourth-order valence-corrected chi connectivity index (χ4v) is 6.97. The highest BCUT2D eigenvalue weighted by Gasteiger charge is 2.57. The first-order chi connectivity index (χ1) is 20.3. The summed E-state index contributed by atoms with van der Waals surface area (Å²) in [6.45, 7) is 2.21. The molecule has 6 rings (SSSR count). The number of ether oxygens (including phenoxy) is 1. The average molecular weight is 630 g/mol. The minimum absolute atomic E-state index is 0.156. The number of hydrogen-bond donors (Lipinski definition) is 3. The van der Waals surface area contributed by atoms with Gasteiger partial charge in [0.25, 0.3) is 0 Å². The molecular formula is C34H33BrN2O5. The highest BCUT2D eigenvalue weighted by atomic mass is 79.9. The Kier molecular flexibility index (Phi) is 8.03. The van der Waals surface area contributed by atoms with Gasteiger partial charge in [-0.2, -0.15) is 0 Å². The van der Waals surface area contributed by atoms with Gasteiger partial charge in [-0.15, -0.1) is 0 Å². The van der Waals surface area contributed by atoms with Crippen LogP contribution < -0.4 is 10.2 Å². The summed E-state index contributed by atoms with van der Waals surface area (Å²) in [5, 5.41) is 23.8. The standard InChI is InChI=1S/C34H33BrN2O5/c1-20(15-21-16-23(35)8-13-29(21)39)7-14-30-31-22(18-38)17-27-32(28(31)19-42-30)34(41)37(33(27)40)26-11-9-25(10-12-26)36-24-5-3-2-4-6-24/h2-6,8-13,15-16,27-28,30,32,36,38-39H,7,14,17-19H2,1H3/b20-15+/t27-,28+,30-,32-/m1/s1. The molecule has 0 radical (unpaired) electrons. The number of hydrogen-bond acceptors (Lipinski definition) is 6. The van der Waals surface area contributed by atoms with Crippen LogP contribution in [0, 0.1) is 17.8 Å². The number of anilines is 3. The van der Waals surface area contributed by atoms with E-state index in [9.17, 15) is 19.8 Å². The summed E-state index contributed by atoms with van der Waals surface area (Å²) in [5.41, 5.74) is 5.99. The number of phenols is 1. The maximum Gasteiger partial charge on any atom is 0.238 e. The molecule has 0 spiro atoms. The van der Waals surface area contributed by atoms with E-state index in [0.717, 1.165) is 44.6 Å². The number of carbonyl (C=O) groups is 2. The number of phenolic OH excluding ortho intramolecular Hbond substituents is 1. The average Bonchev–Trinajstić information content (AvgIpc) is 3.52. The Morgan fingerprint density at radius 3 is 2.50 bits per heavy atom. The highest BCUT2D eigenvalue weighted by Crippen LogP contribution is 2.50. The molecular weight excluding hydrogens is 596 g/mol. The zero-order valence-electron chi connectivity index (χ0n) is 23.3. The third kappa shape index (κ3) is 5.42. The third-order valence-electron chi connectivity index (χ3n) is 8.58. The first-order valence-electron chi connectivity index (χ1n) is 14.2. The Bertz CT molecular complexity index is 1570. The zero-order chi connectivity index (χ0) is 29.4. The van der Waals surface area contributed by atoms with E-state index >= 15 is 0 Å². The van der Waals surface area contributed by atoms with Crippen LogP contribution in [0.3, 0.4) is 0 Å². The van der Waals surface area contributed by atoms with Gasteiger partial charge in [0, 0.05) is 27.3 Å². The summed E-state index contributed by atoms with van der Waals surface area (Å²) < 4.78 is 7.13. The Morgan fingerprint density at radius 1 is 1.02 bits per heavy atom. The van der Waals surface area contributed by atoms with Crippen LogP contribution in [-0.4, -0.2) is 41.3 Å². The number of imide groups is 1. The molecule has 2 heterocycles.